The summed E-state index contributed by atoms with van der Waals surface area (Å²) in [5.74, 6) is -0.242. The highest BCUT2D eigenvalue weighted by Crippen LogP contribution is 2.39. The first kappa shape index (κ1) is 23.8. The minimum absolute atomic E-state index is 0.00280. The highest BCUT2D eigenvalue weighted by Gasteiger charge is 2.36. The number of guanidine groups is 1. The van der Waals surface area contributed by atoms with Crippen LogP contribution in [0.15, 0.2) is 59.6 Å². The number of likely N-dealkylation sites (tertiary alicyclic amines) is 1. The summed E-state index contributed by atoms with van der Waals surface area (Å²) in [7, 11) is 0. The third-order valence-electron chi connectivity index (χ3n) is 5.89. The number of nitrogens with two attached hydrogens (primary N) is 1. The van der Waals surface area contributed by atoms with Crippen molar-refractivity contribution in [3.05, 3.63) is 71.3 Å². The molecular formula is C25H27F3N4O2. The van der Waals surface area contributed by atoms with Gasteiger partial charge in [0.2, 0.25) is 0 Å². The van der Waals surface area contributed by atoms with Crippen LogP contribution >= 0.6 is 0 Å². The van der Waals surface area contributed by atoms with E-state index in [-0.39, 0.29) is 31.0 Å². The van der Waals surface area contributed by atoms with E-state index in [1.807, 2.05) is 36.4 Å². The number of hydrogen-bond donors (Lipinski definition) is 2. The Morgan fingerprint density at radius 1 is 1.15 bits per heavy atom. The van der Waals surface area contributed by atoms with Gasteiger partial charge in [0, 0.05) is 24.2 Å². The van der Waals surface area contributed by atoms with Crippen LogP contribution in [0.2, 0.25) is 0 Å². The molecule has 0 spiro atoms. The molecule has 2 heterocycles. The molecule has 34 heavy (non-hydrogen) atoms. The van der Waals surface area contributed by atoms with E-state index < -0.39 is 11.7 Å². The van der Waals surface area contributed by atoms with Gasteiger partial charge in [-0.25, -0.2) is 0 Å². The van der Waals surface area contributed by atoms with Crippen LogP contribution in [0.4, 0.5) is 13.2 Å². The van der Waals surface area contributed by atoms with Crippen molar-refractivity contribution < 1.29 is 22.6 Å². The van der Waals surface area contributed by atoms with Gasteiger partial charge in [0.25, 0.3) is 0 Å². The number of rotatable bonds is 8. The fraction of sp³-hybridized carbons (Fsp3) is 0.360. The second-order valence-electron chi connectivity index (χ2n) is 8.23. The summed E-state index contributed by atoms with van der Waals surface area (Å²) in [6, 6.07) is 13.4. The van der Waals surface area contributed by atoms with Gasteiger partial charge < -0.3 is 20.1 Å². The monoisotopic (exact) mass is 472 g/mol. The molecule has 2 aliphatic heterocycles. The van der Waals surface area contributed by atoms with E-state index in [0.29, 0.717) is 30.8 Å². The fourth-order valence-corrected chi connectivity index (χ4v) is 4.25. The van der Waals surface area contributed by atoms with Gasteiger partial charge in [-0.05, 0) is 36.6 Å². The first-order valence-electron chi connectivity index (χ1n) is 11.2. The van der Waals surface area contributed by atoms with Crippen molar-refractivity contribution in [3.8, 4) is 5.75 Å². The van der Waals surface area contributed by atoms with Crippen LogP contribution in [0.1, 0.15) is 36.0 Å². The lowest BCUT2D eigenvalue weighted by molar-refractivity contribution is -0.139. The summed E-state index contributed by atoms with van der Waals surface area (Å²) < 4.78 is 52.2. The van der Waals surface area contributed by atoms with Crippen LogP contribution in [-0.4, -0.2) is 42.4 Å². The summed E-state index contributed by atoms with van der Waals surface area (Å²) >= 11 is 0. The van der Waals surface area contributed by atoms with Crippen molar-refractivity contribution in [2.45, 2.75) is 38.1 Å². The Balaban J connectivity index is 1.42. The van der Waals surface area contributed by atoms with Crippen LogP contribution in [0.5, 0.6) is 5.75 Å². The summed E-state index contributed by atoms with van der Waals surface area (Å²) in [6.07, 6.45) is -0.495. The standard InChI is InChI=1S/C25H27F3N4O2/c26-25(27,28)19-15-18(20-9-10-21(31-20)22-7-4-12-32(22)24(29)30)8-11-23(19)34-14-13-33-16-17-5-2-1-3-6-17/h1-3,5-6,8-9,11,15,22H,4,7,10,12-14,16H2,(H3,29,30)/t22-/m0/s1. The molecule has 0 aliphatic carbocycles. The van der Waals surface area contributed by atoms with E-state index in [1.54, 1.807) is 11.0 Å². The van der Waals surface area contributed by atoms with Gasteiger partial charge in [-0.1, -0.05) is 36.4 Å². The Labute approximate surface area is 196 Å². The second-order valence-corrected chi connectivity index (χ2v) is 8.23. The molecular weight excluding hydrogens is 445 g/mol. The number of nitrogens with one attached hydrogen (secondary N) is 1. The van der Waals surface area contributed by atoms with Crippen LogP contribution in [0, 0.1) is 5.41 Å². The largest absolute Gasteiger partial charge is 0.491 e. The van der Waals surface area contributed by atoms with Gasteiger partial charge in [0.05, 0.1) is 30.5 Å². The highest BCUT2D eigenvalue weighted by atomic mass is 19.4. The predicted octanol–water partition coefficient (Wildman–Crippen LogP) is 4.84. The third-order valence-corrected chi connectivity index (χ3v) is 5.89. The van der Waals surface area contributed by atoms with Crippen molar-refractivity contribution in [1.82, 2.24) is 4.90 Å². The molecule has 3 N–H and O–H groups in total. The van der Waals surface area contributed by atoms with E-state index in [1.165, 1.54) is 6.07 Å². The van der Waals surface area contributed by atoms with Crippen molar-refractivity contribution in [2.75, 3.05) is 19.8 Å². The molecule has 1 fully saturated rings. The number of allylic oxidation sites excluding steroid dienone is 1. The molecule has 6 nitrogen and oxygen atoms in total. The van der Waals surface area contributed by atoms with Crippen molar-refractivity contribution in [2.24, 2.45) is 10.7 Å². The van der Waals surface area contributed by atoms with Gasteiger partial charge in [-0.15, -0.1) is 0 Å². The van der Waals surface area contributed by atoms with Crippen LogP contribution in [0.3, 0.4) is 0 Å². The minimum atomic E-state index is -4.57. The molecule has 0 unspecified atom stereocenters. The van der Waals surface area contributed by atoms with E-state index in [2.05, 4.69) is 4.99 Å². The lowest BCUT2D eigenvalue weighted by Gasteiger charge is -2.24. The molecule has 1 saturated heterocycles. The summed E-state index contributed by atoms with van der Waals surface area (Å²) in [5, 5.41) is 7.73. The van der Waals surface area contributed by atoms with Crippen molar-refractivity contribution in [1.29, 1.82) is 5.41 Å². The Kier molecular flexibility index (Phi) is 7.21. The molecule has 9 heteroatoms. The molecule has 2 aromatic carbocycles. The molecule has 0 saturated carbocycles. The molecule has 0 amide bonds. The number of ether oxygens (including phenoxy) is 2. The first-order chi connectivity index (χ1) is 16.3. The SMILES string of the molecule is N=C(N)N1CCC[C@H]1C1=NC(c2ccc(OCCOCc3ccccc3)c(C(F)(F)F)c2)=CC1. The zero-order valence-corrected chi connectivity index (χ0v) is 18.6. The Bertz CT molecular complexity index is 1080. The van der Waals surface area contributed by atoms with E-state index >= 15 is 0 Å². The third kappa shape index (κ3) is 5.59. The maximum atomic E-state index is 13.8. The van der Waals surface area contributed by atoms with E-state index in [0.717, 1.165) is 30.2 Å². The quantitative estimate of drug-likeness (QED) is 0.327. The summed E-state index contributed by atoms with van der Waals surface area (Å²) in [4.78, 5) is 6.38. The van der Waals surface area contributed by atoms with Crippen molar-refractivity contribution >= 4 is 17.4 Å². The Hall–Kier alpha value is -3.33. The lowest BCUT2D eigenvalue weighted by atomic mass is 10.1. The van der Waals surface area contributed by atoms with Gasteiger partial charge in [0.1, 0.15) is 12.4 Å². The number of hydrogen-bond acceptors (Lipinski definition) is 4. The predicted molar refractivity (Wildman–Crippen MR) is 125 cm³/mol. The first-order valence-corrected chi connectivity index (χ1v) is 11.2. The Morgan fingerprint density at radius 3 is 2.68 bits per heavy atom. The lowest BCUT2D eigenvalue weighted by Crippen LogP contribution is -2.43. The zero-order chi connectivity index (χ0) is 24.1. The van der Waals surface area contributed by atoms with Crippen LogP contribution < -0.4 is 10.5 Å². The normalized spacial score (nSPS) is 18.1. The van der Waals surface area contributed by atoms with Gasteiger partial charge in [-0.3, -0.25) is 10.4 Å². The van der Waals surface area contributed by atoms with Crippen LogP contribution in [-0.2, 0) is 17.5 Å². The van der Waals surface area contributed by atoms with E-state index in [4.69, 9.17) is 20.6 Å². The number of nitrogens with zero attached hydrogens (tertiary/aromatic N) is 2. The van der Waals surface area contributed by atoms with Crippen LogP contribution in [0.25, 0.3) is 5.70 Å². The van der Waals surface area contributed by atoms with Gasteiger partial charge >= 0.3 is 6.18 Å². The molecule has 0 radical (unpaired) electrons. The van der Waals surface area contributed by atoms with E-state index in [9.17, 15) is 13.2 Å². The molecule has 0 aromatic heterocycles. The molecule has 2 aromatic rings. The maximum absolute atomic E-state index is 13.8. The number of aliphatic imine (C=N–C) groups is 1. The maximum Gasteiger partial charge on any atom is 0.419 e. The van der Waals surface area contributed by atoms with Crippen molar-refractivity contribution in [3.63, 3.8) is 0 Å². The fourth-order valence-electron chi connectivity index (χ4n) is 4.25. The average molecular weight is 473 g/mol. The molecule has 1 atom stereocenters. The number of halogens is 3. The minimum Gasteiger partial charge on any atom is -0.491 e. The number of alkyl halides is 3. The average Bonchev–Trinajstić information content (AvgIpc) is 3.49. The van der Waals surface area contributed by atoms with Gasteiger partial charge in [0.15, 0.2) is 5.96 Å². The smallest absolute Gasteiger partial charge is 0.419 e. The topological polar surface area (TPSA) is 83.9 Å². The molecule has 2 aliphatic rings. The summed E-state index contributed by atoms with van der Waals surface area (Å²) in [5.41, 5.74) is 7.50. The number of benzene rings is 2. The van der Waals surface area contributed by atoms with Gasteiger partial charge in [-0.2, -0.15) is 13.2 Å². The molecule has 180 valence electrons. The molecule has 0 bridgehead atoms. The highest BCUT2D eigenvalue weighted by molar-refractivity contribution is 6.01. The summed E-state index contributed by atoms with van der Waals surface area (Å²) in [6.45, 7) is 1.23. The zero-order valence-electron chi connectivity index (χ0n) is 18.6. The second kappa shape index (κ2) is 10.3. The molecule has 4 rings (SSSR count). The Morgan fingerprint density at radius 2 is 1.94 bits per heavy atom.